The number of hydrogen-bond acceptors (Lipinski definition) is 8. The molecule has 9 heteroatoms. The molecule has 6 rings (SSSR count). The van der Waals surface area contributed by atoms with Gasteiger partial charge < -0.3 is 19.5 Å². The number of amides is 1. The third kappa shape index (κ3) is 4.72. The molecule has 0 unspecified atom stereocenters. The van der Waals surface area contributed by atoms with Gasteiger partial charge in [0.2, 0.25) is 0 Å². The van der Waals surface area contributed by atoms with E-state index in [9.17, 15) is 14.4 Å². The van der Waals surface area contributed by atoms with Crippen molar-refractivity contribution < 1.29 is 28.6 Å². The van der Waals surface area contributed by atoms with Crippen LogP contribution >= 0.6 is 0 Å². The van der Waals surface area contributed by atoms with Gasteiger partial charge in [-0.3, -0.25) is 14.6 Å². The lowest BCUT2D eigenvalue weighted by atomic mass is 9.93. The fourth-order valence-corrected chi connectivity index (χ4v) is 5.62. The predicted molar refractivity (Wildman–Crippen MR) is 164 cm³/mol. The van der Waals surface area contributed by atoms with Crippen LogP contribution in [0, 0.1) is 0 Å². The van der Waals surface area contributed by atoms with Crippen LogP contribution in [0.3, 0.4) is 0 Å². The van der Waals surface area contributed by atoms with Crippen LogP contribution in [-0.2, 0) is 11.3 Å². The van der Waals surface area contributed by atoms with Crippen molar-refractivity contribution in [2.24, 2.45) is 0 Å². The molecule has 9 nitrogen and oxygen atoms in total. The van der Waals surface area contributed by atoms with Gasteiger partial charge in [0.05, 0.1) is 37.7 Å². The molecule has 2 aliphatic heterocycles. The molecule has 2 aliphatic rings. The molecule has 218 valence electrons. The average Bonchev–Trinajstić information content (AvgIpc) is 3.41. The molecule has 4 aromatic carbocycles. The number of nitrogens with zero attached hydrogens (tertiary/aromatic N) is 2. The molecule has 0 radical (unpaired) electrons. The van der Waals surface area contributed by atoms with Crippen molar-refractivity contribution in [3.05, 3.63) is 95.6 Å². The van der Waals surface area contributed by atoms with Crippen LogP contribution < -0.4 is 29.5 Å². The molecule has 43 heavy (non-hydrogen) atoms. The Balaban J connectivity index is 1.40. The number of benzene rings is 4. The summed E-state index contributed by atoms with van der Waals surface area (Å²) in [4.78, 5) is 38.5. The molecule has 0 aliphatic carbocycles. The van der Waals surface area contributed by atoms with E-state index in [-0.39, 0.29) is 17.3 Å². The van der Waals surface area contributed by atoms with Gasteiger partial charge in [-0.15, -0.1) is 0 Å². The lowest BCUT2D eigenvalue weighted by Crippen LogP contribution is -2.57. The summed E-state index contributed by atoms with van der Waals surface area (Å²) < 4.78 is 17.1. The molecule has 1 amide bonds. The van der Waals surface area contributed by atoms with E-state index in [2.05, 4.69) is 5.32 Å². The highest BCUT2D eigenvalue weighted by molar-refractivity contribution is 6.12. The van der Waals surface area contributed by atoms with Crippen LogP contribution in [0.15, 0.2) is 78.9 Å². The zero-order chi connectivity index (χ0) is 30.5. The Hall–Kier alpha value is -5.31. The van der Waals surface area contributed by atoms with Gasteiger partial charge >= 0.3 is 5.97 Å². The van der Waals surface area contributed by atoms with Crippen molar-refractivity contribution in [2.45, 2.75) is 32.9 Å². The average molecular weight is 578 g/mol. The first kappa shape index (κ1) is 27.8. The largest absolute Gasteiger partial charge is 0.496 e. The maximum atomic E-state index is 13.8. The minimum atomic E-state index is -0.830. The molecule has 0 atom stereocenters. The quantitative estimate of drug-likeness (QED) is 0.156. The fourth-order valence-electron chi connectivity index (χ4n) is 5.62. The number of methoxy groups -OCH3 is 2. The summed E-state index contributed by atoms with van der Waals surface area (Å²) in [6, 6.07) is 23.2. The first-order valence-electron chi connectivity index (χ1n) is 13.8. The summed E-state index contributed by atoms with van der Waals surface area (Å²) in [6.45, 7) is 5.59. The molecule has 4 aromatic rings. The summed E-state index contributed by atoms with van der Waals surface area (Å²) in [5.41, 5.74) is 4.85. The second-order valence-corrected chi connectivity index (χ2v) is 11.0. The van der Waals surface area contributed by atoms with Gasteiger partial charge in [0.15, 0.2) is 5.78 Å². The zero-order valence-electron chi connectivity index (χ0n) is 24.6. The SMILES string of the molecule is COc1cc(OC(=O)c2cccc(C(C)=O)c2)ccc1-c1ccc2c3c1CN(c1ccccc1OC)N3C(=O)C(C)(C)N2. The molecule has 0 fully saturated rings. The Morgan fingerprint density at radius 2 is 1.56 bits per heavy atom. The number of anilines is 3. The summed E-state index contributed by atoms with van der Waals surface area (Å²) in [5, 5.41) is 7.08. The lowest BCUT2D eigenvalue weighted by molar-refractivity contribution is -0.122. The van der Waals surface area contributed by atoms with E-state index in [4.69, 9.17) is 14.2 Å². The summed E-state index contributed by atoms with van der Waals surface area (Å²) in [5.74, 6) is 0.633. The molecular formula is C34H31N3O6. The first-order valence-corrected chi connectivity index (χ1v) is 13.8. The van der Waals surface area contributed by atoms with E-state index in [1.165, 1.54) is 13.0 Å². The third-order valence-corrected chi connectivity index (χ3v) is 7.76. The molecule has 1 N–H and O–H groups in total. The minimum Gasteiger partial charge on any atom is -0.496 e. The number of carbonyl (C=O) groups excluding carboxylic acids is 3. The molecule has 0 bridgehead atoms. The number of hydrogen-bond donors (Lipinski definition) is 1. The predicted octanol–water partition coefficient (Wildman–Crippen LogP) is 6.26. The number of hydrazine groups is 1. The minimum absolute atomic E-state index is 0.0927. The number of ketones is 1. The van der Waals surface area contributed by atoms with Crippen LogP contribution in [-0.4, -0.2) is 37.4 Å². The van der Waals surface area contributed by atoms with E-state index in [0.29, 0.717) is 29.4 Å². The van der Waals surface area contributed by atoms with Gasteiger partial charge in [-0.05, 0) is 68.8 Å². The van der Waals surface area contributed by atoms with Crippen molar-refractivity contribution >= 4 is 34.7 Å². The van der Waals surface area contributed by atoms with Crippen molar-refractivity contribution in [3.8, 4) is 28.4 Å². The fraction of sp³-hybridized carbons (Fsp3) is 0.206. The van der Waals surface area contributed by atoms with Gasteiger partial charge in [-0.2, -0.15) is 0 Å². The number of esters is 1. The van der Waals surface area contributed by atoms with E-state index in [1.807, 2.05) is 61.3 Å². The molecule has 2 heterocycles. The maximum absolute atomic E-state index is 13.8. The summed E-state index contributed by atoms with van der Waals surface area (Å²) in [7, 11) is 3.17. The number of para-hydroxylation sites is 2. The van der Waals surface area contributed by atoms with Crippen molar-refractivity contribution in [3.63, 3.8) is 0 Å². The molecule has 0 saturated heterocycles. The Morgan fingerprint density at radius 3 is 2.30 bits per heavy atom. The summed E-state index contributed by atoms with van der Waals surface area (Å²) >= 11 is 0. The summed E-state index contributed by atoms with van der Waals surface area (Å²) in [6.07, 6.45) is 0. The normalized spacial score (nSPS) is 14.6. The Bertz CT molecular complexity index is 1800. The number of Topliss-reactive ketones (excluding diaryl/α,β-unsaturated/α-hetero) is 1. The number of carbonyl (C=O) groups is 3. The Morgan fingerprint density at radius 1 is 0.837 bits per heavy atom. The second kappa shape index (κ2) is 10.5. The van der Waals surface area contributed by atoms with Crippen molar-refractivity contribution in [1.29, 1.82) is 0 Å². The lowest BCUT2D eigenvalue weighted by Gasteiger charge is -2.41. The van der Waals surface area contributed by atoms with Crippen LogP contribution in [0.1, 0.15) is 47.1 Å². The topological polar surface area (TPSA) is 97.4 Å². The molecular weight excluding hydrogens is 546 g/mol. The highest BCUT2D eigenvalue weighted by atomic mass is 16.5. The first-order chi connectivity index (χ1) is 20.6. The van der Waals surface area contributed by atoms with Gasteiger partial charge in [0.1, 0.15) is 28.5 Å². The Kier molecular flexibility index (Phi) is 6.80. The highest BCUT2D eigenvalue weighted by Crippen LogP contribution is 2.51. The smallest absolute Gasteiger partial charge is 0.343 e. The standard InChI is InChI=1S/C34H31N3O6/c1-20(38)21-9-8-10-22(17-21)32(39)43-23-13-14-25(30(18-23)42-5)24-15-16-27-31-26(24)19-36(28-11-6-7-12-29(28)41-4)37(31)33(40)34(2,3)35-27/h6-18,35H,19H2,1-5H3. The number of rotatable bonds is 7. The molecule has 0 saturated carbocycles. The maximum Gasteiger partial charge on any atom is 0.343 e. The van der Waals surface area contributed by atoms with Gasteiger partial charge in [-0.1, -0.05) is 30.3 Å². The monoisotopic (exact) mass is 577 g/mol. The van der Waals surface area contributed by atoms with Crippen LogP contribution in [0.5, 0.6) is 17.2 Å². The Labute approximate surface area is 249 Å². The van der Waals surface area contributed by atoms with E-state index < -0.39 is 11.5 Å². The van der Waals surface area contributed by atoms with E-state index in [1.54, 1.807) is 49.6 Å². The van der Waals surface area contributed by atoms with Crippen LogP contribution in [0.4, 0.5) is 17.1 Å². The van der Waals surface area contributed by atoms with Gasteiger partial charge in [0.25, 0.3) is 5.91 Å². The molecule has 0 spiro atoms. The van der Waals surface area contributed by atoms with Gasteiger partial charge in [-0.25, -0.2) is 9.80 Å². The third-order valence-electron chi connectivity index (χ3n) is 7.76. The number of nitrogens with one attached hydrogen (secondary N) is 1. The highest BCUT2D eigenvalue weighted by Gasteiger charge is 2.47. The van der Waals surface area contributed by atoms with E-state index >= 15 is 0 Å². The van der Waals surface area contributed by atoms with E-state index in [0.717, 1.165) is 33.8 Å². The molecule has 0 aromatic heterocycles. The van der Waals surface area contributed by atoms with Crippen LogP contribution in [0.2, 0.25) is 0 Å². The van der Waals surface area contributed by atoms with Crippen molar-refractivity contribution in [2.75, 3.05) is 29.6 Å². The number of ether oxygens (including phenoxy) is 3. The van der Waals surface area contributed by atoms with Crippen LogP contribution in [0.25, 0.3) is 11.1 Å². The van der Waals surface area contributed by atoms with Crippen molar-refractivity contribution in [1.82, 2.24) is 0 Å². The van der Waals surface area contributed by atoms with Gasteiger partial charge in [0, 0.05) is 22.8 Å². The zero-order valence-corrected chi connectivity index (χ0v) is 24.6. The second-order valence-electron chi connectivity index (χ2n) is 11.0.